The molecule has 1 rings (SSSR count). The highest BCUT2D eigenvalue weighted by Crippen LogP contribution is 2.30. The molecule has 4 nitrogen and oxygen atoms in total. The van der Waals surface area contributed by atoms with E-state index >= 15 is 0 Å². The van der Waals surface area contributed by atoms with Gasteiger partial charge in [-0.25, -0.2) is 13.1 Å². The summed E-state index contributed by atoms with van der Waals surface area (Å²) < 4.78 is 33.8. The summed E-state index contributed by atoms with van der Waals surface area (Å²) in [6, 6.07) is 3.45. The second kappa shape index (κ2) is 6.81. The topological polar surface area (TPSA) is 55.4 Å². The predicted molar refractivity (Wildman–Crippen MR) is 95.6 cm³/mol. The quantitative estimate of drug-likeness (QED) is 0.844. The van der Waals surface area contributed by atoms with Crippen molar-refractivity contribution in [1.29, 1.82) is 0 Å². The Hall–Kier alpha value is -1.07. The SMILES string of the molecule is COc1cc(C)c(C)cc1S(=O)(=O)NC(C)(C)CCC(C)(C)C. The Morgan fingerprint density at radius 2 is 1.52 bits per heavy atom. The summed E-state index contributed by atoms with van der Waals surface area (Å²) in [6.45, 7) is 14.2. The molecule has 0 spiro atoms. The zero-order valence-corrected chi connectivity index (χ0v) is 16.5. The van der Waals surface area contributed by atoms with Crippen LogP contribution in [0.25, 0.3) is 0 Å². The van der Waals surface area contributed by atoms with Crippen molar-refractivity contribution in [3.05, 3.63) is 23.3 Å². The van der Waals surface area contributed by atoms with Crippen molar-refractivity contribution >= 4 is 10.0 Å². The van der Waals surface area contributed by atoms with Crippen molar-refractivity contribution in [3.8, 4) is 5.75 Å². The monoisotopic (exact) mass is 341 g/mol. The number of benzene rings is 1. The van der Waals surface area contributed by atoms with E-state index in [1.54, 1.807) is 12.1 Å². The average Bonchev–Trinajstić information content (AvgIpc) is 2.37. The molecule has 1 aromatic carbocycles. The van der Waals surface area contributed by atoms with Crippen LogP contribution in [0.3, 0.4) is 0 Å². The van der Waals surface area contributed by atoms with Gasteiger partial charge in [-0.1, -0.05) is 20.8 Å². The first kappa shape index (κ1) is 20.0. The molecular formula is C18H31NO3S. The fraction of sp³-hybridized carbons (Fsp3) is 0.667. The number of nitrogens with one attached hydrogen (secondary N) is 1. The number of hydrogen-bond donors (Lipinski definition) is 1. The Bertz CT molecular complexity index is 656. The van der Waals surface area contributed by atoms with Crippen LogP contribution in [0, 0.1) is 19.3 Å². The molecule has 0 aromatic heterocycles. The van der Waals surface area contributed by atoms with Crippen LogP contribution in [0.2, 0.25) is 0 Å². The van der Waals surface area contributed by atoms with Gasteiger partial charge in [0.05, 0.1) is 7.11 Å². The highest BCUT2D eigenvalue weighted by atomic mass is 32.2. The van der Waals surface area contributed by atoms with E-state index in [9.17, 15) is 8.42 Å². The number of ether oxygens (including phenoxy) is 1. The van der Waals surface area contributed by atoms with Gasteiger partial charge in [0.25, 0.3) is 0 Å². The van der Waals surface area contributed by atoms with Crippen molar-refractivity contribution < 1.29 is 13.2 Å². The van der Waals surface area contributed by atoms with Gasteiger partial charge in [0.15, 0.2) is 0 Å². The molecular weight excluding hydrogens is 310 g/mol. The number of hydrogen-bond acceptors (Lipinski definition) is 3. The van der Waals surface area contributed by atoms with E-state index in [2.05, 4.69) is 25.5 Å². The average molecular weight is 342 g/mol. The van der Waals surface area contributed by atoms with Crippen molar-refractivity contribution in [2.75, 3.05) is 7.11 Å². The maximum absolute atomic E-state index is 12.8. The fourth-order valence-electron chi connectivity index (χ4n) is 2.29. The van der Waals surface area contributed by atoms with Crippen LogP contribution in [0.5, 0.6) is 5.75 Å². The Labute approximate surface area is 141 Å². The molecule has 5 heteroatoms. The molecule has 132 valence electrons. The lowest BCUT2D eigenvalue weighted by molar-refractivity contribution is 0.302. The van der Waals surface area contributed by atoms with E-state index in [0.717, 1.165) is 24.0 Å². The van der Waals surface area contributed by atoms with Gasteiger partial charge in [-0.2, -0.15) is 0 Å². The van der Waals surface area contributed by atoms with Gasteiger partial charge in [0, 0.05) is 5.54 Å². The minimum atomic E-state index is -3.64. The zero-order chi connectivity index (χ0) is 18.1. The lowest BCUT2D eigenvalue weighted by atomic mass is 9.85. The van der Waals surface area contributed by atoms with Gasteiger partial charge in [-0.15, -0.1) is 0 Å². The second-order valence-corrected chi connectivity index (χ2v) is 9.79. The molecule has 0 radical (unpaired) electrons. The maximum Gasteiger partial charge on any atom is 0.244 e. The van der Waals surface area contributed by atoms with Crippen LogP contribution < -0.4 is 9.46 Å². The Morgan fingerprint density at radius 3 is 2.00 bits per heavy atom. The zero-order valence-electron chi connectivity index (χ0n) is 15.7. The molecule has 1 N–H and O–H groups in total. The Balaban J connectivity index is 3.10. The minimum absolute atomic E-state index is 0.168. The summed E-state index contributed by atoms with van der Waals surface area (Å²) in [5.41, 5.74) is 1.59. The molecule has 0 heterocycles. The summed E-state index contributed by atoms with van der Waals surface area (Å²) in [6.07, 6.45) is 1.70. The number of aryl methyl sites for hydroxylation is 2. The van der Waals surface area contributed by atoms with Gasteiger partial charge in [-0.3, -0.25) is 0 Å². The molecule has 0 aliphatic heterocycles. The lowest BCUT2D eigenvalue weighted by Crippen LogP contribution is -2.43. The molecule has 0 amide bonds. The Kier molecular flexibility index (Phi) is 5.92. The number of methoxy groups -OCH3 is 1. The van der Waals surface area contributed by atoms with Crippen LogP contribution in [0.4, 0.5) is 0 Å². The molecule has 0 aliphatic rings. The summed E-state index contributed by atoms with van der Waals surface area (Å²) in [7, 11) is -2.15. The van der Waals surface area contributed by atoms with Crippen molar-refractivity contribution in [2.24, 2.45) is 5.41 Å². The van der Waals surface area contributed by atoms with Gasteiger partial charge in [-0.05, 0) is 69.2 Å². The third-order valence-corrected chi connectivity index (χ3v) is 5.70. The lowest BCUT2D eigenvalue weighted by Gasteiger charge is -2.30. The van der Waals surface area contributed by atoms with Crippen molar-refractivity contribution in [3.63, 3.8) is 0 Å². The van der Waals surface area contributed by atoms with E-state index in [1.807, 2.05) is 27.7 Å². The number of rotatable bonds is 6. The Morgan fingerprint density at radius 1 is 1.00 bits per heavy atom. The van der Waals surface area contributed by atoms with E-state index < -0.39 is 15.6 Å². The van der Waals surface area contributed by atoms with Gasteiger partial charge < -0.3 is 4.74 Å². The molecule has 0 bridgehead atoms. The molecule has 0 saturated heterocycles. The van der Waals surface area contributed by atoms with E-state index in [1.165, 1.54) is 7.11 Å². The van der Waals surface area contributed by atoms with Gasteiger partial charge in [0.2, 0.25) is 10.0 Å². The fourth-order valence-corrected chi connectivity index (χ4v) is 3.97. The van der Waals surface area contributed by atoms with Gasteiger partial charge >= 0.3 is 0 Å². The standard InChI is InChI=1S/C18H31NO3S/c1-13-11-15(22-8)16(12-14(13)2)23(20,21)19-18(6,7)10-9-17(3,4)5/h11-12,19H,9-10H2,1-8H3. The van der Waals surface area contributed by atoms with Crippen LogP contribution in [-0.2, 0) is 10.0 Å². The second-order valence-electron chi connectivity index (χ2n) is 8.14. The summed E-state index contributed by atoms with van der Waals surface area (Å²) in [5, 5.41) is 0. The van der Waals surface area contributed by atoms with Crippen LogP contribution >= 0.6 is 0 Å². The highest BCUT2D eigenvalue weighted by molar-refractivity contribution is 7.89. The predicted octanol–water partition coefficient (Wildman–Crippen LogP) is 4.20. The van der Waals surface area contributed by atoms with Crippen molar-refractivity contribution in [2.45, 2.75) is 71.7 Å². The first-order chi connectivity index (χ1) is 10.3. The van der Waals surface area contributed by atoms with E-state index in [-0.39, 0.29) is 10.3 Å². The summed E-state index contributed by atoms with van der Waals surface area (Å²) >= 11 is 0. The van der Waals surface area contributed by atoms with Gasteiger partial charge in [0.1, 0.15) is 10.6 Å². The van der Waals surface area contributed by atoms with E-state index in [0.29, 0.717) is 5.75 Å². The first-order valence-electron chi connectivity index (χ1n) is 7.97. The number of sulfonamides is 1. The van der Waals surface area contributed by atoms with Crippen molar-refractivity contribution in [1.82, 2.24) is 4.72 Å². The highest BCUT2D eigenvalue weighted by Gasteiger charge is 2.30. The summed E-state index contributed by atoms with van der Waals surface area (Å²) in [5.74, 6) is 0.382. The molecule has 0 fully saturated rings. The largest absolute Gasteiger partial charge is 0.495 e. The molecule has 23 heavy (non-hydrogen) atoms. The molecule has 1 aromatic rings. The molecule has 0 saturated carbocycles. The molecule has 0 atom stereocenters. The van der Waals surface area contributed by atoms with Crippen LogP contribution in [-0.4, -0.2) is 21.1 Å². The molecule has 0 unspecified atom stereocenters. The maximum atomic E-state index is 12.8. The first-order valence-corrected chi connectivity index (χ1v) is 9.45. The van der Waals surface area contributed by atoms with Crippen LogP contribution in [0.1, 0.15) is 58.6 Å². The summed E-state index contributed by atoms with van der Waals surface area (Å²) in [4.78, 5) is 0.201. The minimum Gasteiger partial charge on any atom is -0.495 e. The smallest absolute Gasteiger partial charge is 0.244 e. The molecule has 0 aliphatic carbocycles. The van der Waals surface area contributed by atoms with E-state index in [4.69, 9.17) is 4.74 Å². The third kappa shape index (κ3) is 5.81. The third-order valence-electron chi connectivity index (χ3n) is 3.98. The normalized spacial score (nSPS) is 13.2. The van der Waals surface area contributed by atoms with Crippen LogP contribution in [0.15, 0.2) is 17.0 Å².